The van der Waals surface area contributed by atoms with Gasteiger partial charge in [0.15, 0.2) is 0 Å². The van der Waals surface area contributed by atoms with E-state index in [2.05, 4.69) is 18.3 Å². The summed E-state index contributed by atoms with van der Waals surface area (Å²) in [6, 6.07) is 13.4. The number of halogens is 2. The van der Waals surface area contributed by atoms with Crippen LogP contribution in [0.5, 0.6) is 0 Å². The topological polar surface area (TPSA) is 35.8 Å². The average Bonchev–Trinajstić information content (AvgIpc) is 2.49. The molecular weight excluding hydrogens is 323 g/mol. The first-order valence-electron chi connectivity index (χ1n) is 6.50. The lowest BCUT2D eigenvalue weighted by atomic mass is 10.1. The molecule has 2 rings (SSSR count). The second-order valence-corrected chi connectivity index (χ2v) is 6.33. The van der Waals surface area contributed by atoms with Crippen LogP contribution in [-0.4, -0.2) is 6.54 Å². The molecule has 108 valence electrons. The maximum absolute atomic E-state index is 9.33. The van der Waals surface area contributed by atoms with Crippen molar-refractivity contribution in [2.75, 3.05) is 6.54 Å². The standard InChI is InChI=1S/C16H14Cl2N2S/c1-2-20-10-11-3-6-15(12(7-11)9-19)21-16-8-13(17)4-5-14(16)18/h3-8,20H,2,10H2,1H3. The van der Waals surface area contributed by atoms with E-state index in [9.17, 15) is 5.26 Å². The summed E-state index contributed by atoms with van der Waals surface area (Å²) >= 11 is 13.6. The first-order valence-corrected chi connectivity index (χ1v) is 8.08. The van der Waals surface area contributed by atoms with Crippen LogP contribution in [0.1, 0.15) is 18.1 Å². The van der Waals surface area contributed by atoms with Crippen LogP contribution in [-0.2, 0) is 6.54 Å². The van der Waals surface area contributed by atoms with Crippen molar-refractivity contribution < 1.29 is 0 Å². The molecule has 0 fully saturated rings. The second-order valence-electron chi connectivity index (χ2n) is 4.40. The van der Waals surface area contributed by atoms with Crippen LogP contribution in [0, 0.1) is 11.3 Å². The van der Waals surface area contributed by atoms with Crippen molar-refractivity contribution in [3.63, 3.8) is 0 Å². The fourth-order valence-electron chi connectivity index (χ4n) is 1.81. The van der Waals surface area contributed by atoms with Gasteiger partial charge in [-0.3, -0.25) is 0 Å². The van der Waals surface area contributed by atoms with E-state index >= 15 is 0 Å². The Balaban J connectivity index is 2.27. The Labute approximate surface area is 139 Å². The van der Waals surface area contributed by atoms with Gasteiger partial charge in [0.2, 0.25) is 0 Å². The minimum absolute atomic E-state index is 0.629. The van der Waals surface area contributed by atoms with Gasteiger partial charge in [0.1, 0.15) is 6.07 Å². The molecule has 5 heteroatoms. The quantitative estimate of drug-likeness (QED) is 0.822. The zero-order chi connectivity index (χ0) is 15.2. The molecule has 1 N–H and O–H groups in total. The predicted octanol–water partition coefficient (Wildman–Crippen LogP) is 5.13. The lowest BCUT2D eigenvalue weighted by molar-refractivity contribution is 0.726. The molecule has 0 atom stereocenters. The van der Waals surface area contributed by atoms with Crippen molar-refractivity contribution in [3.05, 3.63) is 57.6 Å². The minimum Gasteiger partial charge on any atom is -0.313 e. The third kappa shape index (κ3) is 4.39. The van der Waals surface area contributed by atoms with Gasteiger partial charge in [-0.25, -0.2) is 0 Å². The van der Waals surface area contributed by atoms with Gasteiger partial charge in [-0.1, -0.05) is 48.0 Å². The summed E-state index contributed by atoms with van der Waals surface area (Å²) in [6.07, 6.45) is 0. The fourth-order valence-corrected chi connectivity index (χ4v) is 3.22. The molecule has 0 spiro atoms. The number of rotatable bonds is 5. The van der Waals surface area contributed by atoms with E-state index in [0.717, 1.165) is 28.4 Å². The number of hydrogen-bond acceptors (Lipinski definition) is 3. The number of benzene rings is 2. The molecule has 0 amide bonds. The Morgan fingerprint density at radius 2 is 1.95 bits per heavy atom. The average molecular weight is 337 g/mol. The highest BCUT2D eigenvalue weighted by molar-refractivity contribution is 7.99. The molecule has 0 saturated carbocycles. The predicted molar refractivity (Wildman–Crippen MR) is 89.1 cm³/mol. The van der Waals surface area contributed by atoms with Crippen LogP contribution in [0.2, 0.25) is 10.0 Å². The van der Waals surface area contributed by atoms with E-state index in [1.165, 1.54) is 11.8 Å². The highest BCUT2D eigenvalue weighted by atomic mass is 35.5. The monoisotopic (exact) mass is 336 g/mol. The molecular formula is C16H14Cl2N2S. The van der Waals surface area contributed by atoms with Crippen molar-refractivity contribution in [1.29, 1.82) is 5.26 Å². The molecule has 21 heavy (non-hydrogen) atoms. The molecule has 0 saturated heterocycles. The van der Waals surface area contributed by atoms with Crippen molar-refractivity contribution >= 4 is 35.0 Å². The summed E-state index contributed by atoms with van der Waals surface area (Å²) in [5.41, 5.74) is 1.74. The van der Waals surface area contributed by atoms with Crippen LogP contribution in [0.4, 0.5) is 0 Å². The molecule has 0 aliphatic carbocycles. The van der Waals surface area contributed by atoms with Gasteiger partial charge in [-0.2, -0.15) is 5.26 Å². The molecule has 0 heterocycles. The maximum atomic E-state index is 9.33. The molecule has 2 nitrogen and oxygen atoms in total. The molecule has 2 aromatic carbocycles. The summed E-state index contributed by atoms with van der Waals surface area (Å²) in [5.74, 6) is 0. The third-order valence-corrected chi connectivity index (χ3v) is 4.67. The van der Waals surface area contributed by atoms with Crippen LogP contribution in [0.25, 0.3) is 0 Å². The molecule has 0 aliphatic heterocycles. The summed E-state index contributed by atoms with van der Waals surface area (Å²) < 4.78 is 0. The Morgan fingerprint density at radius 1 is 1.14 bits per heavy atom. The zero-order valence-corrected chi connectivity index (χ0v) is 13.8. The largest absolute Gasteiger partial charge is 0.313 e. The van der Waals surface area contributed by atoms with Gasteiger partial charge in [-0.05, 0) is 42.4 Å². The van der Waals surface area contributed by atoms with Crippen molar-refractivity contribution in [2.45, 2.75) is 23.3 Å². The smallest absolute Gasteiger partial charge is 0.100 e. The first-order chi connectivity index (χ1) is 10.1. The van der Waals surface area contributed by atoms with E-state index in [1.807, 2.05) is 24.3 Å². The zero-order valence-electron chi connectivity index (χ0n) is 11.5. The second kappa shape index (κ2) is 7.72. The molecule has 0 aliphatic rings. The number of nitriles is 1. The Kier molecular flexibility index (Phi) is 5.96. The SMILES string of the molecule is CCNCc1ccc(Sc2cc(Cl)ccc2Cl)c(C#N)c1. The molecule has 0 radical (unpaired) electrons. The van der Waals surface area contributed by atoms with E-state index in [4.69, 9.17) is 23.2 Å². The van der Waals surface area contributed by atoms with E-state index in [-0.39, 0.29) is 0 Å². The first kappa shape index (κ1) is 16.2. The summed E-state index contributed by atoms with van der Waals surface area (Å²) in [7, 11) is 0. The number of nitrogens with zero attached hydrogens (tertiary/aromatic N) is 1. The number of nitrogens with one attached hydrogen (secondary N) is 1. The number of hydrogen-bond donors (Lipinski definition) is 1. The van der Waals surface area contributed by atoms with Gasteiger partial charge in [0.05, 0.1) is 10.6 Å². The van der Waals surface area contributed by atoms with Gasteiger partial charge in [-0.15, -0.1) is 0 Å². The van der Waals surface area contributed by atoms with Crippen LogP contribution >= 0.6 is 35.0 Å². The molecule has 0 aromatic heterocycles. The van der Waals surface area contributed by atoms with Crippen molar-refractivity contribution in [2.24, 2.45) is 0 Å². The van der Waals surface area contributed by atoms with Crippen molar-refractivity contribution in [1.82, 2.24) is 5.32 Å². The maximum Gasteiger partial charge on any atom is 0.100 e. The van der Waals surface area contributed by atoms with E-state index in [1.54, 1.807) is 12.1 Å². The lowest BCUT2D eigenvalue weighted by Gasteiger charge is -2.09. The van der Waals surface area contributed by atoms with Crippen LogP contribution < -0.4 is 5.32 Å². The molecule has 0 unspecified atom stereocenters. The van der Waals surface area contributed by atoms with E-state index in [0.29, 0.717) is 15.6 Å². The Morgan fingerprint density at radius 3 is 2.67 bits per heavy atom. The normalized spacial score (nSPS) is 10.4. The lowest BCUT2D eigenvalue weighted by Crippen LogP contribution is -2.11. The van der Waals surface area contributed by atoms with Gasteiger partial charge < -0.3 is 5.32 Å². The van der Waals surface area contributed by atoms with Gasteiger partial charge in [0, 0.05) is 21.4 Å². The highest BCUT2D eigenvalue weighted by Gasteiger charge is 2.09. The summed E-state index contributed by atoms with van der Waals surface area (Å²) in [4.78, 5) is 1.72. The molecule has 2 aromatic rings. The van der Waals surface area contributed by atoms with Crippen LogP contribution in [0.3, 0.4) is 0 Å². The highest BCUT2D eigenvalue weighted by Crippen LogP contribution is 2.36. The fraction of sp³-hybridized carbons (Fsp3) is 0.188. The third-order valence-electron chi connectivity index (χ3n) is 2.86. The summed E-state index contributed by atoms with van der Waals surface area (Å²) in [6.45, 7) is 3.71. The molecule has 0 bridgehead atoms. The van der Waals surface area contributed by atoms with Gasteiger partial charge >= 0.3 is 0 Å². The Bertz CT molecular complexity index is 680. The summed E-state index contributed by atoms with van der Waals surface area (Å²) in [5, 5.41) is 13.8. The van der Waals surface area contributed by atoms with E-state index < -0.39 is 0 Å². The van der Waals surface area contributed by atoms with Crippen LogP contribution in [0.15, 0.2) is 46.2 Å². The minimum atomic E-state index is 0.629. The Hall–Kier alpha value is -1.18. The van der Waals surface area contributed by atoms with Gasteiger partial charge in [0.25, 0.3) is 0 Å². The van der Waals surface area contributed by atoms with Crippen molar-refractivity contribution in [3.8, 4) is 6.07 Å².